The van der Waals surface area contributed by atoms with E-state index in [2.05, 4.69) is 29.8 Å². The van der Waals surface area contributed by atoms with Gasteiger partial charge in [-0.2, -0.15) is 5.26 Å². The molecule has 2 aromatic rings. The maximum absolute atomic E-state index is 9.30. The topological polar surface area (TPSA) is 74.9 Å². The molecule has 0 aromatic carbocycles. The van der Waals surface area contributed by atoms with Crippen LogP contribution in [-0.2, 0) is 0 Å². The van der Waals surface area contributed by atoms with Crippen LogP contribution in [0.2, 0.25) is 0 Å². The van der Waals surface area contributed by atoms with Gasteiger partial charge in [-0.25, -0.2) is 15.0 Å². The Bertz CT molecular complexity index is 796. The van der Waals surface area contributed by atoms with E-state index >= 15 is 0 Å². The number of rotatable bonds is 3. The smallest absolute Gasteiger partial charge is 0.226 e. The Hall–Kier alpha value is -2.42. The van der Waals surface area contributed by atoms with E-state index in [0.29, 0.717) is 12.4 Å². The summed E-state index contributed by atoms with van der Waals surface area (Å²) in [5.41, 5.74) is 1.72. The molecule has 0 saturated carbocycles. The van der Waals surface area contributed by atoms with Crippen molar-refractivity contribution >= 4 is 16.7 Å². The summed E-state index contributed by atoms with van der Waals surface area (Å²) < 4.78 is 5.51. The van der Waals surface area contributed by atoms with Gasteiger partial charge in [0, 0.05) is 24.7 Å². The van der Waals surface area contributed by atoms with E-state index in [1.807, 2.05) is 13.0 Å². The number of fused-ring (bicyclic) bond motifs is 1. The van der Waals surface area contributed by atoms with E-state index in [4.69, 9.17) is 14.7 Å². The van der Waals surface area contributed by atoms with Crippen LogP contribution in [-0.4, -0.2) is 35.2 Å². The number of aryl methyl sites for hydroxylation is 1. The van der Waals surface area contributed by atoms with Gasteiger partial charge in [0.1, 0.15) is 17.0 Å². The first-order chi connectivity index (χ1) is 11.5. The van der Waals surface area contributed by atoms with Gasteiger partial charge in [0.05, 0.1) is 24.6 Å². The summed E-state index contributed by atoms with van der Waals surface area (Å²) in [6.07, 6.45) is 1.93. The van der Waals surface area contributed by atoms with E-state index in [0.717, 1.165) is 47.6 Å². The maximum atomic E-state index is 9.30. The molecule has 1 aliphatic heterocycles. The van der Waals surface area contributed by atoms with Gasteiger partial charge in [-0.1, -0.05) is 13.8 Å². The van der Waals surface area contributed by atoms with Gasteiger partial charge in [0.15, 0.2) is 0 Å². The number of aromatic nitrogens is 3. The van der Waals surface area contributed by atoms with Crippen molar-refractivity contribution in [1.29, 1.82) is 5.26 Å². The number of ether oxygens (including phenoxy) is 1. The molecule has 1 aliphatic rings. The fourth-order valence-electron chi connectivity index (χ4n) is 3.15. The molecule has 1 saturated heterocycles. The Morgan fingerprint density at radius 2 is 2.12 bits per heavy atom. The summed E-state index contributed by atoms with van der Waals surface area (Å²) in [5.74, 6) is 2.46. The molecule has 6 nitrogen and oxygen atoms in total. The minimum Gasteiger partial charge on any atom is -0.480 e. The average molecular weight is 325 g/mol. The van der Waals surface area contributed by atoms with Crippen LogP contribution in [0, 0.1) is 24.2 Å². The van der Waals surface area contributed by atoms with Gasteiger partial charge in [-0.05, 0) is 25.8 Å². The Morgan fingerprint density at radius 3 is 2.79 bits per heavy atom. The highest BCUT2D eigenvalue weighted by Crippen LogP contribution is 2.34. The maximum Gasteiger partial charge on any atom is 0.226 e. The quantitative estimate of drug-likeness (QED) is 0.862. The first-order valence-corrected chi connectivity index (χ1v) is 8.41. The number of hydrogen-bond acceptors (Lipinski definition) is 6. The second-order valence-corrected chi connectivity index (χ2v) is 6.64. The van der Waals surface area contributed by atoms with Gasteiger partial charge in [-0.15, -0.1) is 0 Å². The summed E-state index contributed by atoms with van der Waals surface area (Å²) >= 11 is 0. The fraction of sp³-hybridized carbons (Fsp3) is 0.556. The third-order valence-corrected chi connectivity index (χ3v) is 4.39. The van der Waals surface area contributed by atoms with E-state index in [1.54, 1.807) is 7.11 Å². The van der Waals surface area contributed by atoms with Crippen LogP contribution in [0.3, 0.4) is 0 Å². The molecule has 0 aliphatic carbocycles. The van der Waals surface area contributed by atoms with E-state index in [-0.39, 0.29) is 11.8 Å². The second kappa shape index (κ2) is 6.60. The van der Waals surface area contributed by atoms with Crippen LogP contribution in [0.4, 0.5) is 5.82 Å². The first kappa shape index (κ1) is 16.4. The zero-order valence-corrected chi connectivity index (χ0v) is 14.7. The number of nitriles is 1. The molecule has 3 heterocycles. The highest BCUT2D eigenvalue weighted by Gasteiger charge is 2.25. The number of hydrogen-bond donors (Lipinski definition) is 0. The lowest BCUT2D eigenvalue weighted by atomic mass is 9.99. The second-order valence-electron chi connectivity index (χ2n) is 6.64. The summed E-state index contributed by atoms with van der Waals surface area (Å²) in [6.45, 7) is 7.69. The minimum absolute atomic E-state index is 0.0377. The molecule has 0 radical (unpaired) electrons. The van der Waals surface area contributed by atoms with Gasteiger partial charge < -0.3 is 9.64 Å². The van der Waals surface area contributed by atoms with Gasteiger partial charge >= 0.3 is 0 Å². The third kappa shape index (κ3) is 2.99. The predicted octanol–water partition coefficient (Wildman–Crippen LogP) is 3.21. The van der Waals surface area contributed by atoms with E-state index < -0.39 is 0 Å². The van der Waals surface area contributed by atoms with Crippen molar-refractivity contribution in [2.24, 2.45) is 5.92 Å². The van der Waals surface area contributed by atoms with E-state index in [1.165, 1.54) is 0 Å². The molecule has 0 amide bonds. The van der Waals surface area contributed by atoms with Crippen molar-refractivity contribution in [2.45, 2.75) is 39.5 Å². The van der Waals surface area contributed by atoms with Crippen molar-refractivity contribution < 1.29 is 4.74 Å². The molecule has 0 bridgehead atoms. The molecule has 1 atom stereocenters. The van der Waals surface area contributed by atoms with Crippen molar-refractivity contribution in [3.05, 3.63) is 17.6 Å². The SMILES string of the molecule is COc1nc(C)cc2nc(C(C)C)nc(N3CCCC(C#N)C3)c12. The van der Waals surface area contributed by atoms with Crippen molar-refractivity contribution in [3.63, 3.8) is 0 Å². The Morgan fingerprint density at radius 1 is 1.33 bits per heavy atom. The summed E-state index contributed by atoms with van der Waals surface area (Å²) in [5, 5.41) is 10.1. The van der Waals surface area contributed by atoms with Crippen molar-refractivity contribution in [1.82, 2.24) is 15.0 Å². The largest absolute Gasteiger partial charge is 0.480 e. The highest BCUT2D eigenvalue weighted by molar-refractivity contribution is 5.94. The molecular weight excluding hydrogens is 302 g/mol. The Kier molecular flexibility index (Phi) is 4.52. The molecule has 2 aromatic heterocycles. The van der Waals surface area contributed by atoms with Crippen LogP contribution < -0.4 is 9.64 Å². The minimum atomic E-state index is 0.0377. The molecular formula is C18H23N5O. The van der Waals surface area contributed by atoms with Crippen LogP contribution in [0.1, 0.15) is 44.1 Å². The standard InChI is InChI=1S/C18H23N5O/c1-11(2)16-21-14-8-12(3)20-18(24-4)15(14)17(22-16)23-7-5-6-13(9-19)10-23/h8,11,13H,5-7,10H2,1-4H3. The zero-order valence-electron chi connectivity index (χ0n) is 14.7. The monoisotopic (exact) mass is 325 g/mol. The van der Waals surface area contributed by atoms with Gasteiger partial charge in [0.2, 0.25) is 5.88 Å². The number of nitrogens with zero attached hydrogens (tertiary/aromatic N) is 5. The molecule has 0 N–H and O–H groups in total. The van der Waals surface area contributed by atoms with Crippen molar-refractivity contribution in [2.75, 3.05) is 25.1 Å². The lowest BCUT2D eigenvalue weighted by Crippen LogP contribution is -2.36. The normalized spacial score (nSPS) is 18.0. The molecule has 3 rings (SSSR count). The first-order valence-electron chi connectivity index (χ1n) is 8.41. The summed E-state index contributed by atoms with van der Waals surface area (Å²) in [4.78, 5) is 16.2. The zero-order chi connectivity index (χ0) is 17.3. The summed E-state index contributed by atoms with van der Waals surface area (Å²) in [7, 11) is 1.62. The lowest BCUT2D eigenvalue weighted by Gasteiger charge is -2.31. The third-order valence-electron chi connectivity index (χ3n) is 4.39. The lowest BCUT2D eigenvalue weighted by molar-refractivity contribution is 0.402. The van der Waals surface area contributed by atoms with E-state index in [9.17, 15) is 5.26 Å². The van der Waals surface area contributed by atoms with Crippen molar-refractivity contribution in [3.8, 4) is 11.9 Å². The number of methoxy groups -OCH3 is 1. The molecule has 1 fully saturated rings. The summed E-state index contributed by atoms with van der Waals surface area (Å²) in [6, 6.07) is 4.37. The van der Waals surface area contributed by atoms with Crippen LogP contribution in [0.25, 0.3) is 10.9 Å². The molecule has 1 unspecified atom stereocenters. The molecule has 0 spiro atoms. The number of pyridine rings is 1. The van der Waals surface area contributed by atoms with Gasteiger partial charge in [-0.3, -0.25) is 0 Å². The highest BCUT2D eigenvalue weighted by atomic mass is 16.5. The number of piperidine rings is 1. The average Bonchev–Trinajstić information content (AvgIpc) is 2.59. The molecule has 6 heteroatoms. The van der Waals surface area contributed by atoms with Crippen LogP contribution in [0.5, 0.6) is 5.88 Å². The molecule has 126 valence electrons. The van der Waals surface area contributed by atoms with Crippen LogP contribution >= 0.6 is 0 Å². The Labute approximate surface area is 142 Å². The fourth-order valence-corrected chi connectivity index (χ4v) is 3.15. The van der Waals surface area contributed by atoms with Gasteiger partial charge in [0.25, 0.3) is 0 Å². The van der Waals surface area contributed by atoms with Crippen LogP contribution in [0.15, 0.2) is 6.07 Å². The number of anilines is 1. The Balaban J connectivity index is 2.22. The molecule has 24 heavy (non-hydrogen) atoms. The predicted molar refractivity (Wildman–Crippen MR) is 93.3 cm³/mol.